The monoisotopic (exact) mass is 388 g/mol. The molecule has 3 aromatic rings. The highest BCUT2D eigenvalue weighted by atomic mass is 32.2. The standard InChI is InChI=1S/C23H20N2O2S/c1-2-27-21-11-13-22(14-12-21)28-17-23(26)25-20-8-5-6-18(16-20)9-10-19-7-3-4-15-24-19/h3-8,11-16H,2,17H2,1H3,(H,25,26). The number of carbonyl (C=O) groups is 1. The molecule has 28 heavy (non-hydrogen) atoms. The number of carbonyl (C=O) groups excluding carboxylic acids is 1. The van der Waals surface area contributed by atoms with Crippen LogP contribution in [0.3, 0.4) is 0 Å². The normalized spacial score (nSPS) is 9.89. The van der Waals surface area contributed by atoms with Gasteiger partial charge in [-0.15, -0.1) is 11.8 Å². The second-order valence-electron chi connectivity index (χ2n) is 5.79. The Bertz CT molecular complexity index is 977. The molecule has 1 heterocycles. The first-order chi connectivity index (χ1) is 13.7. The van der Waals surface area contributed by atoms with E-state index in [0.29, 0.717) is 18.1 Å². The molecule has 0 unspecified atom stereocenters. The van der Waals surface area contributed by atoms with Crippen LogP contribution < -0.4 is 10.1 Å². The third kappa shape index (κ3) is 6.19. The van der Waals surface area contributed by atoms with E-state index in [1.54, 1.807) is 6.20 Å². The zero-order chi connectivity index (χ0) is 19.6. The van der Waals surface area contributed by atoms with Gasteiger partial charge < -0.3 is 10.1 Å². The van der Waals surface area contributed by atoms with E-state index in [-0.39, 0.29) is 5.91 Å². The molecule has 1 amide bonds. The van der Waals surface area contributed by atoms with Crippen LogP contribution in [-0.4, -0.2) is 23.3 Å². The predicted octanol–water partition coefficient (Wildman–Crippen LogP) is 4.61. The van der Waals surface area contributed by atoms with Crippen LogP contribution in [0, 0.1) is 11.8 Å². The van der Waals surface area contributed by atoms with Gasteiger partial charge in [-0.2, -0.15) is 0 Å². The minimum absolute atomic E-state index is 0.0614. The molecule has 0 radical (unpaired) electrons. The first kappa shape index (κ1) is 19.5. The fourth-order valence-corrected chi connectivity index (χ4v) is 3.09. The van der Waals surface area contributed by atoms with Crippen molar-refractivity contribution in [1.29, 1.82) is 0 Å². The van der Waals surface area contributed by atoms with Gasteiger partial charge in [-0.25, -0.2) is 4.98 Å². The van der Waals surface area contributed by atoms with Crippen molar-refractivity contribution in [3.05, 3.63) is 84.2 Å². The highest BCUT2D eigenvalue weighted by Gasteiger charge is 2.04. The average Bonchev–Trinajstić information content (AvgIpc) is 2.73. The van der Waals surface area contributed by atoms with Crippen LogP contribution in [0.2, 0.25) is 0 Å². The van der Waals surface area contributed by atoms with Gasteiger partial charge in [0.1, 0.15) is 11.4 Å². The maximum atomic E-state index is 12.2. The van der Waals surface area contributed by atoms with Crippen molar-refractivity contribution >= 4 is 23.4 Å². The summed E-state index contributed by atoms with van der Waals surface area (Å²) in [7, 11) is 0. The summed E-state index contributed by atoms with van der Waals surface area (Å²) in [5.41, 5.74) is 2.26. The molecular formula is C23H20N2O2S. The molecule has 0 atom stereocenters. The van der Waals surface area contributed by atoms with Gasteiger partial charge >= 0.3 is 0 Å². The topological polar surface area (TPSA) is 51.2 Å². The highest BCUT2D eigenvalue weighted by Crippen LogP contribution is 2.21. The summed E-state index contributed by atoms with van der Waals surface area (Å²) < 4.78 is 5.42. The Morgan fingerprint density at radius 2 is 1.93 bits per heavy atom. The summed E-state index contributed by atoms with van der Waals surface area (Å²) in [4.78, 5) is 17.4. The van der Waals surface area contributed by atoms with E-state index in [2.05, 4.69) is 22.1 Å². The number of hydrogen-bond donors (Lipinski definition) is 1. The molecule has 0 aliphatic heterocycles. The van der Waals surface area contributed by atoms with Crippen molar-refractivity contribution in [3.8, 4) is 17.6 Å². The molecule has 2 aromatic carbocycles. The zero-order valence-corrected chi connectivity index (χ0v) is 16.3. The van der Waals surface area contributed by atoms with Crippen molar-refractivity contribution < 1.29 is 9.53 Å². The Hall–Kier alpha value is -3.23. The Kier molecular flexibility index (Phi) is 7.11. The number of hydrogen-bond acceptors (Lipinski definition) is 4. The smallest absolute Gasteiger partial charge is 0.234 e. The maximum Gasteiger partial charge on any atom is 0.234 e. The van der Waals surface area contributed by atoms with Gasteiger partial charge in [-0.3, -0.25) is 4.79 Å². The van der Waals surface area contributed by atoms with Crippen LogP contribution in [0.5, 0.6) is 5.75 Å². The summed E-state index contributed by atoms with van der Waals surface area (Å²) in [6.45, 7) is 2.59. The van der Waals surface area contributed by atoms with Crippen LogP contribution >= 0.6 is 11.8 Å². The molecule has 5 heteroatoms. The van der Waals surface area contributed by atoms with E-state index in [4.69, 9.17) is 4.74 Å². The lowest BCUT2D eigenvalue weighted by molar-refractivity contribution is -0.113. The second-order valence-corrected chi connectivity index (χ2v) is 6.84. The quantitative estimate of drug-likeness (QED) is 0.495. The van der Waals surface area contributed by atoms with E-state index in [1.807, 2.05) is 73.7 Å². The van der Waals surface area contributed by atoms with E-state index in [0.717, 1.165) is 21.9 Å². The number of thioether (sulfide) groups is 1. The lowest BCUT2D eigenvalue weighted by Gasteiger charge is -2.07. The van der Waals surface area contributed by atoms with Gasteiger partial charge in [0.15, 0.2) is 0 Å². The minimum Gasteiger partial charge on any atom is -0.494 e. The van der Waals surface area contributed by atoms with E-state index in [1.165, 1.54) is 11.8 Å². The van der Waals surface area contributed by atoms with Crippen LogP contribution in [0.4, 0.5) is 5.69 Å². The summed E-state index contributed by atoms with van der Waals surface area (Å²) in [6, 6.07) is 20.8. The van der Waals surface area contributed by atoms with Gasteiger partial charge in [-0.05, 0) is 67.4 Å². The van der Waals surface area contributed by atoms with Gasteiger partial charge in [-0.1, -0.05) is 18.1 Å². The molecule has 0 saturated carbocycles. The van der Waals surface area contributed by atoms with Gasteiger partial charge in [0.05, 0.1) is 12.4 Å². The second kappa shape index (κ2) is 10.2. The molecule has 0 fully saturated rings. The SMILES string of the molecule is CCOc1ccc(SCC(=O)Nc2cccc(C#Cc3ccccn3)c2)cc1. The van der Waals surface area contributed by atoms with Crippen molar-refractivity contribution in [2.24, 2.45) is 0 Å². The summed E-state index contributed by atoms with van der Waals surface area (Å²) in [5, 5.41) is 2.91. The average molecular weight is 388 g/mol. The summed E-state index contributed by atoms with van der Waals surface area (Å²) in [6.07, 6.45) is 1.71. The largest absolute Gasteiger partial charge is 0.494 e. The fraction of sp³-hybridized carbons (Fsp3) is 0.130. The number of nitrogens with one attached hydrogen (secondary N) is 1. The van der Waals surface area contributed by atoms with Crippen molar-refractivity contribution in [2.45, 2.75) is 11.8 Å². The Labute approximate surface area is 169 Å². The molecule has 140 valence electrons. The highest BCUT2D eigenvalue weighted by molar-refractivity contribution is 8.00. The number of ether oxygens (including phenoxy) is 1. The maximum absolute atomic E-state index is 12.2. The molecule has 0 aliphatic carbocycles. The van der Waals surface area contributed by atoms with E-state index < -0.39 is 0 Å². The zero-order valence-electron chi connectivity index (χ0n) is 15.5. The third-order valence-corrected chi connectivity index (χ3v) is 4.66. The number of anilines is 1. The number of benzene rings is 2. The van der Waals surface area contributed by atoms with Crippen molar-refractivity contribution in [2.75, 3.05) is 17.7 Å². The lowest BCUT2D eigenvalue weighted by atomic mass is 10.2. The number of pyridine rings is 1. The van der Waals surface area contributed by atoms with Crippen LogP contribution in [0.25, 0.3) is 0 Å². The van der Waals surface area contributed by atoms with Gasteiger partial charge in [0.2, 0.25) is 5.91 Å². The molecular weight excluding hydrogens is 368 g/mol. The first-order valence-electron chi connectivity index (χ1n) is 8.91. The molecule has 1 N–H and O–H groups in total. The number of aromatic nitrogens is 1. The number of amides is 1. The summed E-state index contributed by atoms with van der Waals surface area (Å²) in [5.74, 6) is 7.18. The van der Waals surface area contributed by atoms with E-state index in [9.17, 15) is 4.79 Å². The minimum atomic E-state index is -0.0614. The van der Waals surface area contributed by atoms with Crippen LogP contribution in [-0.2, 0) is 4.79 Å². The van der Waals surface area contributed by atoms with Crippen LogP contribution in [0.1, 0.15) is 18.2 Å². The summed E-state index contributed by atoms with van der Waals surface area (Å²) >= 11 is 1.48. The van der Waals surface area contributed by atoms with E-state index >= 15 is 0 Å². The molecule has 0 aliphatic rings. The molecule has 0 saturated heterocycles. The fourth-order valence-electron chi connectivity index (χ4n) is 2.39. The lowest BCUT2D eigenvalue weighted by Crippen LogP contribution is -2.13. The predicted molar refractivity (Wildman–Crippen MR) is 114 cm³/mol. The Morgan fingerprint density at radius 1 is 1.07 bits per heavy atom. The van der Waals surface area contributed by atoms with Crippen molar-refractivity contribution in [3.63, 3.8) is 0 Å². The van der Waals surface area contributed by atoms with Gasteiger partial charge in [0.25, 0.3) is 0 Å². The third-order valence-electron chi connectivity index (χ3n) is 3.65. The van der Waals surface area contributed by atoms with Crippen molar-refractivity contribution in [1.82, 2.24) is 4.98 Å². The molecule has 4 nitrogen and oxygen atoms in total. The molecule has 0 bridgehead atoms. The van der Waals surface area contributed by atoms with Gasteiger partial charge in [0, 0.05) is 22.3 Å². The first-order valence-corrected chi connectivity index (χ1v) is 9.90. The molecule has 1 aromatic heterocycles. The number of rotatable bonds is 6. The molecule has 0 spiro atoms. The Morgan fingerprint density at radius 3 is 2.68 bits per heavy atom. The van der Waals surface area contributed by atoms with Crippen LogP contribution in [0.15, 0.2) is 77.8 Å². The number of nitrogens with zero attached hydrogens (tertiary/aromatic N) is 1. The molecule has 3 rings (SSSR count). The Balaban J connectivity index is 1.55.